The van der Waals surface area contributed by atoms with Gasteiger partial charge in [-0.2, -0.15) is 0 Å². The van der Waals surface area contributed by atoms with Crippen molar-refractivity contribution in [1.82, 2.24) is 4.90 Å². The summed E-state index contributed by atoms with van der Waals surface area (Å²) in [6.45, 7) is 4.04. The number of amides is 1. The predicted molar refractivity (Wildman–Crippen MR) is 86.4 cm³/mol. The highest BCUT2D eigenvalue weighted by Gasteiger charge is 2.05. The Hall–Kier alpha value is -1.55. The number of hydrogen-bond donors (Lipinski definition) is 1. The number of unbranched alkanes of at least 4 members (excludes halogenated alkanes) is 1. The molecule has 0 bridgehead atoms. The van der Waals surface area contributed by atoms with Crippen LogP contribution in [0.4, 0.5) is 11.4 Å². The van der Waals surface area contributed by atoms with Gasteiger partial charge in [-0.25, -0.2) is 0 Å². The van der Waals surface area contributed by atoms with Crippen LogP contribution in [0.25, 0.3) is 0 Å². The van der Waals surface area contributed by atoms with E-state index in [0.29, 0.717) is 6.42 Å². The molecule has 0 fully saturated rings. The minimum Gasteiger partial charge on any atom is -0.378 e. The molecule has 0 saturated heterocycles. The number of anilines is 2. The van der Waals surface area contributed by atoms with Gasteiger partial charge in [-0.15, -0.1) is 0 Å². The first-order valence-electron chi connectivity index (χ1n) is 7.28. The van der Waals surface area contributed by atoms with E-state index in [9.17, 15) is 4.79 Å². The quantitative estimate of drug-likeness (QED) is 0.793. The molecule has 0 aliphatic heterocycles. The number of nitrogens with one attached hydrogen (secondary N) is 1. The van der Waals surface area contributed by atoms with E-state index in [2.05, 4.69) is 24.2 Å². The van der Waals surface area contributed by atoms with Crippen molar-refractivity contribution in [3.63, 3.8) is 0 Å². The van der Waals surface area contributed by atoms with E-state index >= 15 is 0 Å². The van der Waals surface area contributed by atoms with Crippen molar-refractivity contribution in [3.8, 4) is 0 Å². The van der Waals surface area contributed by atoms with Crippen LogP contribution in [0.5, 0.6) is 0 Å². The minimum atomic E-state index is 0.0750. The van der Waals surface area contributed by atoms with E-state index in [0.717, 1.165) is 24.5 Å². The normalized spacial score (nSPS) is 10.7. The highest BCUT2D eigenvalue weighted by atomic mass is 16.1. The summed E-state index contributed by atoms with van der Waals surface area (Å²) < 4.78 is 0. The Morgan fingerprint density at radius 2 is 1.75 bits per heavy atom. The number of hydrogen-bond acceptors (Lipinski definition) is 3. The Balaban J connectivity index is 2.35. The number of nitrogens with zero attached hydrogens (tertiary/aromatic N) is 2. The molecule has 0 heterocycles. The molecule has 1 amide bonds. The van der Waals surface area contributed by atoms with E-state index in [-0.39, 0.29) is 5.91 Å². The van der Waals surface area contributed by atoms with Crippen LogP contribution in [0.15, 0.2) is 24.3 Å². The zero-order valence-corrected chi connectivity index (χ0v) is 13.1. The maximum absolute atomic E-state index is 11.9. The lowest BCUT2D eigenvalue weighted by molar-refractivity contribution is -0.116. The summed E-state index contributed by atoms with van der Waals surface area (Å²) in [5.41, 5.74) is 1.99. The molecule has 0 aliphatic rings. The zero-order chi connectivity index (χ0) is 15.0. The maximum Gasteiger partial charge on any atom is 0.225 e. The molecule has 0 spiro atoms. The van der Waals surface area contributed by atoms with Crippen molar-refractivity contribution in [3.05, 3.63) is 24.3 Å². The van der Waals surface area contributed by atoms with Crippen molar-refractivity contribution in [2.75, 3.05) is 44.4 Å². The maximum atomic E-state index is 11.9. The van der Waals surface area contributed by atoms with Gasteiger partial charge in [0.2, 0.25) is 5.91 Å². The number of benzene rings is 1. The van der Waals surface area contributed by atoms with Crippen molar-refractivity contribution < 1.29 is 4.79 Å². The van der Waals surface area contributed by atoms with Crippen molar-refractivity contribution in [2.45, 2.75) is 26.2 Å². The van der Waals surface area contributed by atoms with Crippen molar-refractivity contribution in [2.24, 2.45) is 0 Å². The molecule has 1 aromatic rings. The Bertz CT molecular complexity index is 401. The summed E-state index contributed by atoms with van der Waals surface area (Å²) in [7, 11) is 6.06. The molecule has 1 aromatic carbocycles. The van der Waals surface area contributed by atoms with Gasteiger partial charge in [0.25, 0.3) is 0 Å². The summed E-state index contributed by atoms with van der Waals surface area (Å²) in [6.07, 6.45) is 2.91. The first-order chi connectivity index (χ1) is 9.52. The summed E-state index contributed by atoms with van der Waals surface area (Å²) in [5, 5.41) is 2.94. The second-order valence-corrected chi connectivity index (χ2v) is 5.40. The first-order valence-corrected chi connectivity index (χ1v) is 7.28. The minimum absolute atomic E-state index is 0.0750. The summed E-state index contributed by atoms with van der Waals surface area (Å²) in [6, 6.07) is 7.88. The molecule has 0 radical (unpaired) electrons. The molecule has 1 N–H and O–H groups in total. The van der Waals surface area contributed by atoms with Crippen molar-refractivity contribution >= 4 is 17.3 Å². The van der Waals surface area contributed by atoms with Crippen LogP contribution in [0.1, 0.15) is 26.2 Å². The SMILES string of the molecule is CCCCN(C)CCC(=O)Nc1ccc(N(C)C)cc1. The second kappa shape index (κ2) is 8.59. The molecule has 4 nitrogen and oxygen atoms in total. The Kier molecular flexibility index (Phi) is 7.09. The number of rotatable bonds is 8. The lowest BCUT2D eigenvalue weighted by Crippen LogP contribution is -2.25. The molecule has 20 heavy (non-hydrogen) atoms. The number of carbonyl (C=O) groups excluding carboxylic acids is 1. The molecule has 112 valence electrons. The van der Waals surface area contributed by atoms with E-state index in [1.165, 1.54) is 12.8 Å². The summed E-state index contributed by atoms with van der Waals surface area (Å²) >= 11 is 0. The fraction of sp³-hybridized carbons (Fsp3) is 0.562. The summed E-state index contributed by atoms with van der Waals surface area (Å²) in [5.74, 6) is 0.0750. The van der Waals surface area contributed by atoms with E-state index < -0.39 is 0 Å². The van der Waals surface area contributed by atoms with Crippen LogP contribution in [-0.2, 0) is 4.79 Å². The molecule has 1 rings (SSSR count). The Morgan fingerprint density at radius 1 is 1.10 bits per heavy atom. The van der Waals surface area contributed by atoms with Crippen LogP contribution < -0.4 is 10.2 Å². The topological polar surface area (TPSA) is 35.6 Å². The Labute approximate surface area is 122 Å². The summed E-state index contributed by atoms with van der Waals surface area (Å²) in [4.78, 5) is 16.1. The lowest BCUT2D eigenvalue weighted by Gasteiger charge is -2.16. The van der Waals surface area contributed by atoms with Gasteiger partial charge in [0.15, 0.2) is 0 Å². The van der Waals surface area contributed by atoms with Crippen LogP contribution in [0.3, 0.4) is 0 Å². The second-order valence-electron chi connectivity index (χ2n) is 5.40. The lowest BCUT2D eigenvalue weighted by atomic mass is 10.2. The Morgan fingerprint density at radius 3 is 2.30 bits per heavy atom. The van der Waals surface area contributed by atoms with Crippen molar-refractivity contribution in [1.29, 1.82) is 0 Å². The molecule has 0 aromatic heterocycles. The van der Waals surface area contributed by atoms with Crippen LogP contribution in [0, 0.1) is 0 Å². The van der Waals surface area contributed by atoms with Gasteiger partial charge < -0.3 is 15.1 Å². The monoisotopic (exact) mass is 277 g/mol. The average Bonchev–Trinajstić information content (AvgIpc) is 2.43. The highest BCUT2D eigenvalue weighted by molar-refractivity contribution is 5.91. The largest absolute Gasteiger partial charge is 0.378 e. The third kappa shape index (κ3) is 6.06. The van der Waals surface area contributed by atoms with Gasteiger partial charge in [0, 0.05) is 38.4 Å². The average molecular weight is 277 g/mol. The smallest absolute Gasteiger partial charge is 0.225 e. The molecule has 4 heteroatoms. The van der Waals surface area contributed by atoms with Gasteiger partial charge >= 0.3 is 0 Å². The molecular formula is C16H27N3O. The van der Waals surface area contributed by atoms with E-state index in [1.807, 2.05) is 43.3 Å². The molecule has 0 unspecified atom stereocenters. The molecule has 0 saturated carbocycles. The van der Waals surface area contributed by atoms with Crippen LogP contribution in [0.2, 0.25) is 0 Å². The molecular weight excluding hydrogens is 250 g/mol. The highest BCUT2D eigenvalue weighted by Crippen LogP contribution is 2.15. The van der Waals surface area contributed by atoms with Gasteiger partial charge in [-0.1, -0.05) is 13.3 Å². The van der Waals surface area contributed by atoms with Crippen LogP contribution >= 0.6 is 0 Å². The zero-order valence-electron chi connectivity index (χ0n) is 13.1. The third-order valence-electron chi connectivity index (χ3n) is 3.28. The van der Waals surface area contributed by atoms with Gasteiger partial charge in [-0.3, -0.25) is 4.79 Å². The third-order valence-corrected chi connectivity index (χ3v) is 3.28. The molecule has 0 aliphatic carbocycles. The number of carbonyl (C=O) groups is 1. The van der Waals surface area contributed by atoms with Gasteiger partial charge in [-0.05, 0) is 44.3 Å². The van der Waals surface area contributed by atoms with Crippen LogP contribution in [-0.4, -0.2) is 45.0 Å². The van der Waals surface area contributed by atoms with Gasteiger partial charge in [0.05, 0.1) is 0 Å². The van der Waals surface area contributed by atoms with E-state index in [1.54, 1.807) is 0 Å². The fourth-order valence-corrected chi connectivity index (χ4v) is 1.90. The standard InChI is InChI=1S/C16H27N3O/c1-5-6-12-19(4)13-11-16(20)17-14-7-9-15(10-8-14)18(2)3/h7-10H,5-6,11-13H2,1-4H3,(H,17,20). The first kappa shape index (κ1) is 16.5. The fourth-order valence-electron chi connectivity index (χ4n) is 1.90. The van der Waals surface area contributed by atoms with Gasteiger partial charge in [0.1, 0.15) is 0 Å². The predicted octanol–water partition coefficient (Wildman–Crippen LogP) is 2.81. The van der Waals surface area contributed by atoms with E-state index in [4.69, 9.17) is 0 Å². The molecule has 0 atom stereocenters.